The van der Waals surface area contributed by atoms with Crippen LogP contribution in [0.25, 0.3) is 0 Å². The fraction of sp³-hybridized carbons (Fsp3) is 0.647. The van der Waals surface area contributed by atoms with E-state index in [1.165, 1.54) is 43.2 Å². The van der Waals surface area contributed by atoms with Gasteiger partial charge < -0.3 is 10.5 Å². The largest absolute Gasteiger partial charge is 0.493 e. The highest BCUT2D eigenvalue weighted by Gasteiger charge is 2.12. The fourth-order valence-corrected chi connectivity index (χ4v) is 2.73. The first-order valence-corrected chi connectivity index (χ1v) is 7.79. The Kier molecular flexibility index (Phi) is 5.71. The second-order valence-corrected chi connectivity index (χ2v) is 5.69. The molecule has 1 aromatic carbocycles. The molecule has 2 N–H and O–H groups in total. The Hall–Kier alpha value is -1.02. The molecular formula is C17H27NO. The van der Waals surface area contributed by atoms with Crippen LogP contribution in [0.15, 0.2) is 18.2 Å². The molecule has 1 aliphatic rings. The maximum Gasteiger partial charge on any atom is 0.122 e. The Balaban J connectivity index is 1.70. The van der Waals surface area contributed by atoms with Crippen LogP contribution in [0.5, 0.6) is 5.75 Å². The molecule has 0 aromatic heterocycles. The molecule has 0 fully saturated rings. The summed E-state index contributed by atoms with van der Waals surface area (Å²) in [6.07, 6.45) is 9.70. The number of aryl methyl sites for hydroxylation is 1. The minimum Gasteiger partial charge on any atom is -0.493 e. The van der Waals surface area contributed by atoms with Crippen LogP contribution >= 0.6 is 0 Å². The average molecular weight is 261 g/mol. The number of benzene rings is 1. The lowest BCUT2D eigenvalue weighted by atomic mass is 9.99. The van der Waals surface area contributed by atoms with Crippen molar-refractivity contribution in [3.05, 3.63) is 29.3 Å². The van der Waals surface area contributed by atoms with Crippen LogP contribution in [-0.4, -0.2) is 12.6 Å². The van der Waals surface area contributed by atoms with E-state index in [9.17, 15) is 0 Å². The van der Waals surface area contributed by atoms with Crippen LogP contribution in [0.4, 0.5) is 0 Å². The molecule has 2 nitrogen and oxygen atoms in total. The Labute approximate surface area is 117 Å². The fourth-order valence-electron chi connectivity index (χ4n) is 2.73. The van der Waals surface area contributed by atoms with Crippen molar-refractivity contribution in [3.8, 4) is 5.75 Å². The van der Waals surface area contributed by atoms with Crippen molar-refractivity contribution in [2.45, 2.75) is 64.3 Å². The number of fused-ring (bicyclic) bond motifs is 1. The predicted octanol–water partition coefficient (Wildman–Crippen LogP) is 3.85. The van der Waals surface area contributed by atoms with Crippen molar-refractivity contribution in [1.82, 2.24) is 0 Å². The Morgan fingerprint density at radius 3 is 2.95 bits per heavy atom. The van der Waals surface area contributed by atoms with Crippen molar-refractivity contribution in [2.24, 2.45) is 5.73 Å². The topological polar surface area (TPSA) is 35.2 Å². The Morgan fingerprint density at radius 1 is 1.21 bits per heavy atom. The quantitative estimate of drug-likeness (QED) is 0.721. The first-order valence-electron chi connectivity index (χ1n) is 7.79. The summed E-state index contributed by atoms with van der Waals surface area (Å²) < 4.78 is 5.53. The zero-order valence-corrected chi connectivity index (χ0v) is 12.2. The Bertz CT molecular complexity index is 389. The highest BCUT2D eigenvalue weighted by molar-refractivity contribution is 5.39. The van der Waals surface area contributed by atoms with Gasteiger partial charge in [-0.25, -0.2) is 0 Å². The number of unbranched alkanes of at least 4 members (excludes halogenated alkanes) is 3. The lowest BCUT2D eigenvalue weighted by Crippen LogP contribution is -2.20. The molecule has 1 heterocycles. The average Bonchev–Trinajstić information content (AvgIpc) is 2.89. The standard InChI is InChI=1S/C17H27NO/c1-2-3-4-5-6-16(18)9-7-14-8-10-17-15(13-14)11-12-19-17/h8,10,13,16H,2-7,9,11-12,18H2,1H3. The summed E-state index contributed by atoms with van der Waals surface area (Å²) in [5.41, 5.74) is 8.97. The van der Waals surface area contributed by atoms with Gasteiger partial charge in [0.05, 0.1) is 6.61 Å². The van der Waals surface area contributed by atoms with E-state index in [1.807, 2.05) is 0 Å². The van der Waals surface area contributed by atoms with Gasteiger partial charge in [0.25, 0.3) is 0 Å². The summed E-state index contributed by atoms with van der Waals surface area (Å²) in [5, 5.41) is 0. The molecule has 1 aliphatic heterocycles. The molecule has 0 radical (unpaired) electrons. The molecule has 0 saturated heterocycles. The van der Waals surface area contributed by atoms with Crippen molar-refractivity contribution in [1.29, 1.82) is 0 Å². The van der Waals surface area contributed by atoms with Crippen molar-refractivity contribution >= 4 is 0 Å². The van der Waals surface area contributed by atoms with Crippen LogP contribution < -0.4 is 10.5 Å². The predicted molar refractivity (Wildman–Crippen MR) is 80.7 cm³/mol. The first-order chi connectivity index (χ1) is 9.29. The summed E-state index contributed by atoms with van der Waals surface area (Å²) in [7, 11) is 0. The third kappa shape index (κ3) is 4.54. The van der Waals surface area contributed by atoms with Gasteiger partial charge in [-0.1, -0.05) is 44.7 Å². The second kappa shape index (κ2) is 7.54. The first kappa shape index (κ1) is 14.4. The summed E-state index contributed by atoms with van der Waals surface area (Å²) in [4.78, 5) is 0. The van der Waals surface area contributed by atoms with Gasteiger partial charge in [0.1, 0.15) is 5.75 Å². The van der Waals surface area contributed by atoms with Crippen LogP contribution in [0, 0.1) is 0 Å². The van der Waals surface area contributed by atoms with E-state index >= 15 is 0 Å². The molecule has 2 rings (SSSR count). The van der Waals surface area contributed by atoms with Crippen molar-refractivity contribution < 1.29 is 4.74 Å². The number of nitrogens with two attached hydrogens (primary N) is 1. The number of hydrogen-bond donors (Lipinski definition) is 1. The van der Waals surface area contributed by atoms with Gasteiger partial charge in [0.15, 0.2) is 0 Å². The summed E-state index contributed by atoms with van der Waals surface area (Å²) in [6, 6.07) is 6.96. The van der Waals surface area contributed by atoms with Crippen molar-refractivity contribution in [2.75, 3.05) is 6.61 Å². The maximum atomic E-state index is 6.19. The molecule has 0 amide bonds. The molecule has 1 unspecified atom stereocenters. The molecule has 2 heteroatoms. The SMILES string of the molecule is CCCCCCC(N)CCc1ccc2c(c1)CCO2. The van der Waals surface area contributed by atoms with Crippen molar-refractivity contribution in [3.63, 3.8) is 0 Å². The minimum absolute atomic E-state index is 0.362. The molecule has 19 heavy (non-hydrogen) atoms. The van der Waals surface area contributed by atoms with Crippen LogP contribution in [-0.2, 0) is 12.8 Å². The number of ether oxygens (including phenoxy) is 1. The van der Waals surface area contributed by atoms with Gasteiger partial charge >= 0.3 is 0 Å². The highest BCUT2D eigenvalue weighted by Crippen LogP contribution is 2.26. The third-order valence-corrected chi connectivity index (χ3v) is 3.99. The monoisotopic (exact) mass is 261 g/mol. The van der Waals surface area contributed by atoms with E-state index in [-0.39, 0.29) is 0 Å². The highest BCUT2D eigenvalue weighted by atomic mass is 16.5. The third-order valence-electron chi connectivity index (χ3n) is 3.99. The smallest absolute Gasteiger partial charge is 0.122 e. The zero-order chi connectivity index (χ0) is 13.5. The lowest BCUT2D eigenvalue weighted by molar-refractivity contribution is 0.357. The van der Waals surface area contributed by atoms with Gasteiger partial charge in [-0.3, -0.25) is 0 Å². The van der Waals surface area contributed by atoms with E-state index in [2.05, 4.69) is 25.1 Å². The molecule has 1 aromatic rings. The second-order valence-electron chi connectivity index (χ2n) is 5.69. The molecule has 0 spiro atoms. The maximum absolute atomic E-state index is 6.19. The summed E-state index contributed by atoms with van der Waals surface area (Å²) >= 11 is 0. The number of hydrogen-bond acceptors (Lipinski definition) is 2. The van der Waals surface area contributed by atoms with E-state index in [1.54, 1.807) is 0 Å². The molecule has 1 atom stereocenters. The molecular weight excluding hydrogens is 234 g/mol. The normalized spacial score (nSPS) is 15.1. The van der Waals surface area contributed by atoms with Crippen LogP contribution in [0.3, 0.4) is 0 Å². The Morgan fingerprint density at radius 2 is 2.11 bits per heavy atom. The van der Waals surface area contributed by atoms with E-state index in [4.69, 9.17) is 10.5 Å². The zero-order valence-electron chi connectivity index (χ0n) is 12.2. The van der Waals surface area contributed by atoms with Gasteiger partial charge in [0, 0.05) is 12.5 Å². The van der Waals surface area contributed by atoms with E-state index in [0.29, 0.717) is 6.04 Å². The summed E-state index contributed by atoms with van der Waals surface area (Å²) in [5.74, 6) is 1.08. The molecule has 0 bridgehead atoms. The van der Waals surface area contributed by atoms with Crippen LogP contribution in [0.2, 0.25) is 0 Å². The van der Waals surface area contributed by atoms with E-state index in [0.717, 1.165) is 31.6 Å². The molecule has 0 aliphatic carbocycles. The molecule has 106 valence electrons. The number of rotatable bonds is 8. The van der Waals surface area contributed by atoms with Crippen LogP contribution in [0.1, 0.15) is 56.6 Å². The lowest BCUT2D eigenvalue weighted by Gasteiger charge is -2.11. The minimum atomic E-state index is 0.362. The van der Waals surface area contributed by atoms with Gasteiger partial charge in [-0.15, -0.1) is 0 Å². The molecule has 0 saturated carbocycles. The van der Waals surface area contributed by atoms with Gasteiger partial charge in [0.2, 0.25) is 0 Å². The van der Waals surface area contributed by atoms with E-state index < -0.39 is 0 Å². The summed E-state index contributed by atoms with van der Waals surface area (Å²) in [6.45, 7) is 3.09. The van der Waals surface area contributed by atoms with Gasteiger partial charge in [-0.05, 0) is 36.5 Å². The van der Waals surface area contributed by atoms with Gasteiger partial charge in [-0.2, -0.15) is 0 Å².